The number of aliphatic imine (C=N–C) groups is 1. The Labute approximate surface area is 198 Å². The second-order valence-electron chi connectivity index (χ2n) is 11.5. The first-order valence-corrected chi connectivity index (χ1v) is 13.5. The molecule has 0 heterocycles. The van der Waals surface area contributed by atoms with Crippen LogP contribution in [0.4, 0.5) is 0 Å². The van der Waals surface area contributed by atoms with Crippen molar-refractivity contribution in [3.8, 4) is 0 Å². The molecule has 174 valence electrons. The molecule has 1 aromatic carbocycles. The second kappa shape index (κ2) is 8.55. The first-order chi connectivity index (χ1) is 15.5. The monoisotopic (exact) mass is 454 g/mol. The van der Waals surface area contributed by atoms with E-state index < -0.39 is 0 Å². The summed E-state index contributed by atoms with van der Waals surface area (Å²) < 4.78 is 0. The normalized spacial score (nSPS) is 42.7. The Kier molecular flexibility index (Phi) is 6.03. The Hall–Kier alpha value is -1.19. The zero-order valence-electron chi connectivity index (χ0n) is 19.6. The molecule has 5 atom stereocenters. The van der Waals surface area contributed by atoms with E-state index >= 15 is 0 Å². The molecule has 5 aliphatic carbocycles. The van der Waals surface area contributed by atoms with Gasteiger partial charge in [0.25, 0.3) is 5.91 Å². The molecule has 0 spiro atoms. The van der Waals surface area contributed by atoms with E-state index in [0.717, 1.165) is 51.5 Å². The van der Waals surface area contributed by atoms with E-state index in [-0.39, 0.29) is 22.2 Å². The molecule has 5 saturated carbocycles. The summed E-state index contributed by atoms with van der Waals surface area (Å²) >= 11 is 6.36. The molecule has 0 saturated heterocycles. The molecular formula is C28H39ClN2O. The molecule has 0 aromatic heterocycles. The van der Waals surface area contributed by atoms with Crippen molar-refractivity contribution in [1.29, 1.82) is 0 Å². The first-order valence-electron chi connectivity index (χ1n) is 12.9. The van der Waals surface area contributed by atoms with Crippen molar-refractivity contribution in [3.05, 3.63) is 35.9 Å². The fourth-order valence-corrected chi connectivity index (χ4v) is 9.12. The van der Waals surface area contributed by atoms with Crippen LogP contribution in [0.1, 0.15) is 76.7 Å². The van der Waals surface area contributed by atoms with Gasteiger partial charge < -0.3 is 5.73 Å². The predicted molar refractivity (Wildman–Crippen MR) is 132 cm³/mol. The fourth-order valence-electron chi connectivity index (χ4n) is 8.77. The zero-order chi connectivity index (χ0) is 22.4. The van der Waals surface area contributed by atoms with Gasteiger partial charge in [-0.2, -0.15) is 0 Å². The van der Waals surface area contributed by atoms with Gasteiger partial charge in [-0.25, -0.2) is 4.99 Å². The summed E-state index contributed by atoms with van der Waals surface area (Å²) in [7, 11) is 0. The average molecular weight is 455 g/mol. The van der Waals surface area contributed by atoms with E-state index in [2.05, 4.69) is 37.3 Å². The van der Waals surface area contributed by atoms with Gasteiger partial charge in [0.15, 0.2) is 0 Å². The SMILES string of the molecule is CCC1(CCCl)C2CC3(c4ccccc4)C[C@@H]1CC2(C(=O)/N=C/C1CCC(CN)CC1)C3. The van der Waals surface area contributed by atoms with Crippen LogP contribution in [0.5, 0.6) is 0 Å². The Morgan fingerprint density at radius 1 is 1.16 bits per heavy atom. The van der Waals surface area contributed by atoms with Gasteiger partial charge in [0.2, 0.25) is 0 Å². The lowest BCUT2D eigenvalue weighted by Gasteiger charge is -2.49. The van der Waals surface area contributed by atoms with E-state index in [1.165, 1.54) is 24.8 Å². The number of halogens is 1. The van der Waals surface area contributed by atoms with E-state index in [1.54, 1.807) is 0 Å². The van der Waals surface area contributed by atoms with Crippen molar-refractivity contribution in [2.75, 3.05) is 12.4 Å². The largest absolute Gasteiger partial charge is 0.330 e. The summed E-state index contributed by atoms with van der Waals surface area (Å²) in [6.45, 7) is 3.11. The third-order valence-electron chi connectivity index (χ3n) is 10.3. The topological polar surface area (TPSA) is 55.5 Å². The summed E-state index contributed by atoms with van der Waals surface area (Å²) in [5.74, 6) is 2.96. The van der Waals surface area contributed by atoms with Crippen molar-refractivity contribution in [2.45, 2.75) is 76.5 Å². The fraction of sp³-hybridized carbons (Fsp3) is 0.714. The van der Waals surface area contributed by atoms with Gasteiger partial charge in [0, 0.05) is 12.1 Å². The molecule has 2 N–H and O–H groups in total. The first kappa shape index (κ1) is 22.6. The van der Waals surface area contributed by atoms with Crippen molar-refractivity contribution in [1.82, 2.24) is 0 Å². The maximum absolute atomic E-state index is 13.9. The lowest BCUT2D eigenvalue weighted by molar-refractivity contribution is -0.129. The Bertz CT molecular complexity index is 863. The highest BCUT2D eigenvalue weighted by molar-refractivity contribution is 6.17. The summed E-state index contributed by atoms with van der Waals surface area (Å²) in [4.78, 5) is 18.6. The molecule has 1 aromatic rings. The van der Waals surface area contributed by atoms with Gasteiger partial charge in [-0.3, -0.25) is 4.79 Å². The second-order valence-corrected chi connectivity index (χ2v) is 11.8. The number of nitrogens with two attached hydrogens (primary N) is 1. The summed E-state index contributed by atoms with van der Waals surface area (Å²) in [5.41, 5.74) is 7.36. The quantitative estimate of drug-likeness (QED) is 0.397. The molecule has 4 bridgehead atoms. The number of hydrogen-bond donors (Lipinski definition) is 1. The number of alkyl halides is 1. The minimum atomic E-state index is -0.286. The van der Waals surface area contributed by atoms with Crippen LogP contribution < -0.4 is 5.73 Å². The summed E-state index contributed by atoms with van der Waals surface area (Å²) in [6.07, 6.45) is 13.1. The molecule has 6 rings (SSSR count). The number of carbonyl (C=O) groups is 1. The van der Waals surface area contributed by atoms with Crippen LogP contribution in [0.25, 0.3) is 0 Å². The molecule has 3 nitrogen and oxygen atoms in total. The number of carbonyl (C=O) groups excluding carboxylic acids is 1. The molecule has 5 fully saturated rings. The van der Waals surface area contributed by atoms with E-state index in [4.69, 9.17) is 22.3 Å². The number of rotatable bonds is 7. The van der Waals surface area contributed by atoms with E-state index in [1.807, 2.05) is 6.21 Å². The zero-order valence-corrected chi connectivity index (χ0v) is 20.3. The van der Waals surface area contributed by atoms with Crippen molar-refractivity contribution in [3.63, 3.8) is 0 Å². The molecule has 5 aliphatic rings. The lowest BCUT2D eigenvalue weighted by atomic mass is 9.55. The molecule has 0 radical (unpaired) electrons. The number of nitrogens with zero attached hydrogens (tertiary/aromatic N) is 1. The van der Waals surface area contributed by atoms with E-state index in [9.17, 15) is 4.79 Å². The third-order valence-corrected chi connectivity index (χ3v) is 10.5. The molecule has 32 heavy (non-hydrogen) atoms. The van der Waals surface area contributed by atoms with Crippen molar-refractivity contribution in [2.24, 2.45) is 45.2 Å². The number of amides is 1. The average Bonchev–Trinajstić information content (AvgIpc) is 3.20. The predicted octanol–water partition coefficient (Wildman–Crippen LogP) is 6.13. The summed E-state index contributed by atoms with van der Waals surface area (Å²) in [5, 5.41) is 0. The smallest absolute Gasteiger partial charge is 0.251 e. The highest BCUT2D eigenvalue weighted by atomic mass is 35.5. The van der Waals surface area contributed by atoms with Crippen LogP contribution in [0.3, 0.4) is 0 Å². The van der Waals surface area contributed by atoms with Gasteiger partial charge in [0.1, 0.15) is 0 Å². The van der Waals surface area contributed by atoms with E-state index in [0.29, 0.717) is 29.6 Å². The molecule has 1 amide bonds. The van der Waals surface area contributed by atoms with Crippen molar-refractivity contribution >= 4 is 23.7 Å². The van der Waals surface area contributed by atoms with Crippen LogP contribution in [0.15, 0.2) is 35.3 Å². The van der Waals surface area contributed by atoms with Gasteiger partial charge in [0.05, 0.1) is 5.41 Å². The Balaban J connectivity index is 1.44. The van der Waals surface area contributed by atoms with Crippen molar-refractivity contribution < 1.29 is 4.79 Å². The summed E-state index contributed by atoms with van der Waals surface area (Å²) in [6, 6.07) is 11.0. The highest BCUT2D eigenvalue weighted by Gasteiger charge is 2.74. The minimum absolute atomic E-state index is 0.143. The lowest BCUT2D eigenvalue weighted by Crippen LogP contribution is -2.42. The van der Waals surface area contributed by atoms with Gasteiger partial charge >= 0.3 is 0 Å². The minimum Gasteiger partial charge on any atom is -0.330 e. The highest BCUT2D eigenvalue weighted by Crippen LogP contribution is 2.78. The molecular weight excluding hydrogens is 416 g/mol. The number of benzene rings is 1. The number of hydrogen-bond acceptors (Lipinski definition) is 2. The van der Waals surface area contributed by atoms with Crippen LogP contribution in [0, 0.1) is 34.5 Å². The van der Waals surface area contributed by atoms with Crippen LogP contribution in [-0.2, 0) is 10.2 Å². The Morgan fingerprint density at radius 3 is 2.56 bits per heavy atom. The van der Waals surface area contributed by atoms with Gasteiger partial charge in [-0.1, -0.05) is 37.3 Å². The maximum atomic E-state index is 13.9. The van der Waals surface area contributed by atoms with Crippen LogP contribution >= 0.6 is 11.6 Å². The standard InChI is InChI=1S/C28H39ClN2O/c1-2-27(12-13-29)23-14-26(22-6-4-3-5-7-22)16-24(27)28(15-23,19-26)25(32)31-18-21-10-8-20(17-30)9-11-21/h3-7,18,20-21,23-24H,2,8-17,19,30H2,1H3/b31-18+/t20?,21?,23-,24?,26?,27?,28?/m1/s1. The molecule has 0 aliphatic heterocycles. The van der Waals surface area contributed by atoms with Crippen LogP contribution in [-0.4, -0.2) is 24.5 Å². The molecule has 4 heteroatoms. The van der Waals surface area contributed by atoms with Crippen LogP contribution in [0.2, 0.25) is 0 Å². The maximum Gasteiger partial charge on any atom is 0.251 e. The van der Waals surface area contributed by atoms with Gasteiger partial charge in [-0.05, 0) is 111 Å². The van der Waals surface area contributed by atoms with Gasteiger partial charge in [-0.15, -0.1) is 11.6 Å². The third kappa shape index (κ3) is 3.33. The molecule has 4 unspecified atom stereocenters. The Morgan fingerprint density at radius 2 is 1.91 bits per heavy atom.